The minimum absolute atomic E-state index is 0.0309. The quantitative estimate of drug-likeness (QED) is 0.764. The van der Waals surface area contributed by atoms with Crippen LogP contribution in [0, 0.1) is 11.3 Å². The van der Waals surface area contributed by atoms with Crippen LogP contribution in [0.2, 0.25) is 0 Å². The Morgan fingerprint density at radius 1 is 1.10 bits per heavy atom. The second-order valence-electron chi connectivity index (χ2n) is 5.64. The van der Waals surface area contributed by atoms with Gasteiger partial charge in [0.2, 0.25) is 11.8 Å². The first kappa shape index (κ1) is 20.0. The molecule has 0 heterocycles. The van der Waals surface area contributed by atoms with Gasteiger partial charge in [0.1, 0.15) is 0 Å². The summed E-state index contributed by atoms with van der Waals surface area (Å²) in [6, 6.07) is 0. The first-order valence-corrected chi connectivity index (χ1v) is 6.38. The second-order valence-corrected chi connectivity index (χ2v) is 5.64. The number of carbonyl (C=O) groups excluding carboxylic acids is 1. The number of hydrogen-bond donors (Lipinski definition) is 1. The van der Waals surface area contributed by atoms with Gasteiger partial charge < -0.3 is 10.6 Å². The molecule has 0 fully saturated rings. The summed E-state index contributed by atoms with van der Waals surface area (Å²) in [6.45, 7) is 4.27. The lowest BCUT2D eigenvalue weighted by atomic mass is 9.92. The molecule has 0 unspecified atom stereocenters. The van der Waals surface area contributed by atoms with E-state index < -0.39 is 29.6 Å². The number of alkyl halides is 6. The molecule has 0 bridgehead atoms. The summed E-state index contributed by atoms with van der Waals surface area (Å²) in [7, 11) is 0. The van der Waals surface area contributed by atoms with Gasteiger partial charge in [-0.25, -0.2) is 0 Å². The first-order chi connectivity index (χ1) is 9.26. The first-order valence-electron chi connectivity index (χ1n) is 6.38. The third kappa shape index (κ3) is 6.11. The molecule has 21 heavy (non-hydrogen) atoms. The average Bonchev–Trinajstić information content (AvgIpc) is 2.24. The molecule has 9 heteroatoms. The zero-order valence-electron chi connectivity index (χ0n) is 12.1. The molecule has 0 saturated heterocycles. The smallest absolute Gasteiger partial charge is 0.341 e. The molecule has 1 amide bonds. The van der Waals surface area contributed by atoms with Gasteiger partial charge >= 0.3 is 12.4 Å². The number of amides is 1. The number of carbonyl (C=O) groups is 1. The maximum Gasteiger partial charge on any atom is 0.409 e. The lowest BCUT2D eigenvalue weighted by Crippen LogP contribution is -2.52. The normalized spacial score (nSPS) is 13.7. The highest BCUT2D eigenvalue weighted by molar-refractivity contribution is 5.80. The van der Waals surface area contributed by atoms with Crippen LogP contribution < -0.4 is 5.73 Å². The molecule has 126 valence electrons. The fourth-order valence-electron chi connectivity index (χ4n) is 1.77. The van der Waals surface area contributed by atoms with Crippen LogP contribution in [0.25, 0.3) is 0 Å². The van der Waals surface area contributed by atoms with Crippen LogP contribution in [-0.2, 0) is 4.79 Å². The molecule has 2 N–H and O–H groups in total. The Morgan fingerprint density at radius 2 is 1.52 bits per heavy atom. The Balaban J connectivity index is 5.43. The van der Waals surface area contributed by atoms with Crippen molar-refractivity contribution >= 4 is 5.91 Å². The molecular weight excluding hydrogens is 302 g/mol. The van der Waals surface area contributed by atoms with E-state index in [-0.39, 0.29) is 26.1 Å². The molecule has 0 aliphatic heterocycles. The van der Waals surface area contributed by atoms with Crippen molar-refractivity contribution in [1.82, 2.24) is 4.90 Å². The lowest BCUT2D eigenvalue weighted by molar-refractivity contribution is -0.277. The van der Waals surface area contributed by atoms with E-state index in [0.29, 0.717) is 4.90 Å². The van der Waals surface area contributed by atoms with Gasteiger partial charge in [0.15, 0.2) is 0 Å². The van der Waals surface area contributed by atoms with E-state index in [2.05, 4.69) is 0 Å². The van der Waals surface area contributed by atoms with E-state index in [9.17, 15) is 31.1 Å². The van der Waals surface area contributed by atoms with E-state index in [1.807, 2.05) is 0 Å². The van der Waals surface area contributed by atoms with Gasteiger partial charge in [-0.05, 0) is 18.4 Å². The Labute approximate surface area is 119 Å². The Kier molecular flexibility index (Phi) is 6.52. The van der Waals surface area contributed by atoms with Crippen molar-refractivity contribution in [2.24, 2.45) is 17.1 Å². The fraction of sp³-hybridized carbons (Fsp3) is 0.917. The molecule has 0 aliphatic rings. The predicted octanol–water partition coefficient (Wildman–Crippen LogP) is 2.95. The van der Waals surface area contributed by atoms with Gasteiger partial charge in [-0.15, -0.1) is 0 Å². The van der Waals surface area contributed by atoms with Crippen LogP contribution >= 0.6 is 0 Å². The van der Waals surface area contributed by atoms with Crippen molar-refractivity contribution in [3.05, 3.63) is 0 Å². The molecular formula is C12H20F6N2O. The molecule has 0 aliphatic carbocycles. The summed E-state index contributed by atoms with van der Waals surface area (Å²) in [5.74, 6) is -5.97. The Morgan fingerprint density at radius 3 is 1.81 bits per heavy atom. The van der Waals surface area contributed by atoms with E-state index in [1.165, 1.54) is 0 Å². The zero-order valence-corrected chi connectivity index (χ0v) is 12.1. The van der Waals surface area contributed by atoms with Crippen LogP contribution in [0.15, 0.2) is 0 Å². The van der Waals surface area contributed by atoms with Crippen molar-refractivity contribution in [3.63, 3.8) is 0 Å². The van der Waals surface area contributed by atoms with Crippen molar-refractivity contribution < 1.29 is 31.1 Å². The summed E-state index contributed by atoms with van der Waals surface area (Å²) < 4.78 is 75.5. The van der Waals surface area contributed by atoms with Crippen LogP contribution in [0.1, 0.15) is 27.2 Å². The summed E-state index contributed by atoms with van der Waals surface area (Å²) in [5.41, 5.74) is 4.64. The molecule has 0 radical (unpaired) electrons. The summed E-state index contributed by atoms with van der Waals surface area (Å²) in [4.78, 5) is 12.4. The lowest BCUT2D eigenvalue weighted by Gasteiger charge is -2.34. The maximum atomic E-state index is 12.6. The summed E-state index contributed by atoms with van der Waals surface area (Å²) >= 11 is 0. The third-order valence-electron chi connectivity index (χ3n) is 2.88. The second kappa shape index (κ2) is 6.85. The molecule has 0 aromatic rings. The predicted molar refractivity (Wildman–Crippen MR) is 65.3 cm³/mol. The highest BCUT2D eigenvalue weighted by Crippen LogP contribution is 2.40. The van der Waals surface area contributed by atoms with Gasteiger partial charge in [-0.1, -0.05) is 20.8 Å². The Bertz CT molecular complexity index is 337. The number of nitrogens with two attached hydrogens (primary N) is 1. The van der Waals surface area contributed by atoms with Crippen LogP contribution in [0.5, 0.6) is 0 Å². The zero-order chi connectivity index (χ0) is 17.1. The molecule has 0 rings (SSSR count). The van der Waals surface area contributed by atoms with Gasteiger partial charge in [-0.3, -0.25) is 4.79 Å². The van der Waals surface area contributed by atoms with E-state index in [0.717, 1.165) is 0 Å². The van der Waals surface area contributed by atoms with Crippen LogP contribution in [-0.4, -0.2) is 42.8 Å². The molecule has 3 nitrogen and oxygen atoms in total. The topological polar surface area (TPSA) is 46.3 Å². The standard InChI is InChI=1S/C12H20F6N2O/c1-4-5-20(7-10(2,3)6-19)9(21)8(11(13,14)15)12(16,17)18/h8H,4-7,19H2,1-3H3. The molecule has 0 aromatic heterocycles. The number of nitrogens with zero attached hydrogens (tertiary/aromatic N) is 1. The third-order valence-corrected chi connectivity index (χ3v) is 2.88. The van der Waals surface area contributed by atoms with Crippen LogP contribution in [0.4, 0.5) is 26.3 Å². The van der Waals surface area contributed by atoms with E-state index in [4.69, 9.17) is 5.73 Å². The largest absolute Gasteiger partial charge is 0.409 e. The highest BCUT2D eigenvalue weighted by Gasteiger charge is 2.62. The van der Waals surface area contributed by atoms with E-state index in [1.54, 1.807) is 20.8 Å². The van der Waals surface area contributed by atoms with Crippen molar-refractivity contribution in [2.75, 3.05) is 19.6 Å². The highest BCUT2D eigenvalue weighted by atomic mass is 19.4. The van der Waals surface area contributed by atoms with Gasteiger partial charge in [0.25, 0.3) is 0 Å². The maximum absolute atomic E-state index is 12.6. The van der Waals surface area contributed by atoms with Gasteiger partial charge in [0.05, 0.1) is 0 Å². The number of halogens is 6. The van der Waals surface area contributed by atoms with Crippen molar-refractivity contribution in [1.29, 1.82) is 0 Å². The van der Waals surface area contributed by atoms with Gasteiger partial charge in [0, 0.05) is 13.1 Å². The van der Waals surface area contributed by atoms with Crippen LogP contribution in [0.3, 0.4) is 0 Å². The summed E-state index contributed by atoms with van der Waals surface area (Å²) in [6.07, 6.45) is -11.1. The van der Waals surface area contributed by atoms with Gasteiger partial charge in [-0.2, -0.15) is 26.3 Å². The molecule has 0 spiro atoms. The Hall–Kier alpha value is -0.990. The molecule has 0 atom stereocenters. The minimum Gasteiger partial charge on any atom is -0.341 e. The SMILES string of the molecule is CCCN(CC(C)(C)CN)C(=O)C(C(F)(F)F)C(F)(F)F. The van der Waals surface area contributed by atoms with Crippen molar-refractivity contribution in [3.8, 4) is 0 Å². The number of rotatable bonds is 6. The molecule has 0 aromatic carbocycles. The average molecular weight is 322 g/mol. The monoisotopic (exact) mass is 322 g/mol. The fourth-order valence-corrected chi connectivity index (χ4v) is 1.77. The van der Waals surface area contributed by atoms with E-state index >= 15 is 0 Å². The van der Waals surface area contributed by atoms with Crippen molar-refractivity contribution in [2.45, 2.75) is 39.5 Å². The minimum atomic E-state index is -5.67. The summed E-state index contributed by atoms with van der Waals surface area (Å²) in [5, 5.41) is 0. The number of hydrogen-bond acceptors (Lipinski definition) is 2. The molecule has 0 saturated carbocycles.